The van der Waals surface area contributed by atoms with E-state index in [1.165, 1.54) is 0 Å². The highest BCUT2D eigenvalue weighted by Gasteiger charge is 2.21. The molecule has 29 heavy (non-hydrogen) atoms. The summed E-state index contributed by atoms with van der Waals surface area (Å²) in [4.78, 5) is 25.2. The van der Waals surface area contributed by atoms with Gasteiger partial charge < -0.3 is 20.1 Å². The first kappa shape index (κ1) is 22.7. The van der Waals surface area contributed by atoms with E-state index in [1.807, 2.05) is 13.8 Å². The molecular formula is C22H27ClN2O4. The predicted molar refractivity (Wildman–Crippen MR) is 115 cm³/mol. The van der Waals surface area contributed by atoms with Gasteiger partial charge in [-0.1, -0.05) is 30.7 Å². The van der Waals surface area contributed by atoms with Gasteiger partial charge in [-0.05, 0) is 55.7 Å². The fraction of sp³-hybridized carbons (Fsp3) is 0.364. The van der Waals surface area contributed by atoms with Gasteiger partial charge in [0.2, 0.25) is 0 Å². The number of nitrogens with one attached hydrogen (secondary N) is 2. The number of hydrogen-bond donors (Lipinski definition) is 2. The van der Waals surface area contributed by atoms with Crippen LogP contribution in [0.5, 0.6) is 5.75 Å². The van der Waals surface area contributed by atoms with E-state index in [2.05, 4.69) is 10.6 Å². The quantitative estimate of drug-likeness (QED) is 0.566. The van der Waals surface area contributed by atoms with Gasteiger partial charge >= 0.3 is 0 Å². The number of anilines is 1. The maximum atomic E-state index is 12.8. The molecule has 0 fully saturated rings. The maximum Gasteiger partial charge on any atom is 0.265 e. The molecule has 0 aromatic heterocycles. The van der Waals surface area contributed by atoms with Crippen LogP contribution in [0, 0.1) is 6.92 Å². The molecule has 2 rings (SSSR count). The Labute approximate surface area is 176 Å². The second-order valence-electron chi connectivity index (χ2n) is 6.56. The van der Waals surface area contributed by atoms with Gasteiger partial charge in [-0.25, -0.2) is 0 Å². The maximum absolute atomic E-state index is 12.8. The topological polar surface area (TPSA) is 76.7 Å². The van der Waals surface area contributed by atoms with E-state index >= 15 is 0 Å². The average Bonchev–Trinajstić information content (AvgIpc) is 2.72. The van der Waals surface area contributed by atoms with Crippen LogP contribution in [0.3, 0.4) is 0 Å². The molecule has 2 aromatic rings. The Morgan fingerprint density at radius 1 is 1.17 bits per heavy atom. The molecule has 0 spiro atoms. The molecule has 6 nitrogen and oxygen atoms in total. The van der Waals surface area contributed by atoms with Crippen molar-refractivity contribution in [2.45, 2.75) is 32.8 Å². The average molecular weight is 419 g/mol. The van der Waals surface area contributed by atoms with Crippen molar-refractivity contribution < 1.29 is 19.1 Å². The molecular weight excluding hydrogens is 392 g/mol. The number of halogens is 1. The van der Waals surface area contributed by atoms with Crippen LogP contribution >= 0.6 is 11.6 Å². The molecule has 0 aliphatic heterocycles. The highest BCUT2D eigenvalue weighted by molar-refractivity contribution is 6.31. The number of methoxy groups -OCH3 is 1. The Morgan fingerprint density at radius 2 is 1.93 bits per heavy atom. The lowest BCUT2D eigenvalue weighted by Gasteiger charge is -2.19. The van der Waals surface area contributed by atoms with Gasteiger partial charge in [-0.2, -0.15) is 0 Å². The number of carbonyl (C=O) groups is 2. The van der Waals surface area contributed by atoms with Crippen LogP contribution in [0.1, 0.15) is 35.7 Å². The van der Waals surface area contributed by atoms with Gasteiger partial charge in [0.15, 0.2) is 6.10 Å². The number of aryl methyl sites for hydroxylation is 1. The van der Waals surface area contributed by atoms with Crippen molar-refractivity contribution in [2.24, 2.45) is 0 Å². The second kappa shape index (κ2) is 11.4. The van der Waals surface area contributed by atoms with Crippen LogP contribution in [0.25, 0.3) is 0 Å². The molecule has 0 saturated carbocycles. The zero-order valence-corrected chi connectivity index (χ0v) is 17.7. The van der Waals surface area contributed by atoms with E-state index in [0.717, 1.165) is 5.56 Å². The van der Waals surface area contributed by atoms with Crippen LogP contribution < -0.4 is 15.4 Å². The molecule has 0 aliphatic carbocycles. The number of amides is 2. The van der Waals surface area contributed by atoms with Gasteiger partial charge in [-0.3, -0.25) is 9.59 Å². The van der Waals surface area contributed by atoms with Gasteiger partial charge in [0.1, 0.15) is 5.75 Å². The largest absolute Gasteiger partial charge is 0.481 e. The van der Waals surface area contributed by atoms with Gasteiger partial charge in [0, 0.05) is 25.3 Å². The molecule has 0 bridgehead atoms. The smallest absolute Gasteiger partial charge is 0.265 e. The van der Waals surface area contributed by atoms with E-state index in [1.54, 1.807) is 49.6 Å². The Hall–Kier alpha value is -2.57. The molecule has 0 radical (unpaired) electrons. The van der Waals surface area contributed by atoms with Crippen LogP contribution in [-0.2, 0) is 9.53 Å². The Bertz CT molecular complexity index is 841. The van der Waals surface area contributed by atoms with Crippen molar-refractivity contribution in [2.75, 3.05) is 25.6 Å². The van der Waals surface area contributed by atoms with Crippen molar-refractivity contribution in [3.63, 3.8) is 0 Å². The van der Waals surface area contributed by atoms with E-state index in [9.17, 15) is 9.59 Å². The molecule has 0 heterocycles. The highest BCUT2D eigenvalue weighted by Crippen LogP contribution is 2.23. The van der Waals surface area contributed by atoms with Gasteiger partial charge in [0.05, 0.1) is 11.3 Å². The Balaban J connectivity index is 2.06. The van der Waals surface area contributed by atoms with Crippen molar-refractivity contribution in [3.8, 4) is 5.75 Å². The van der Waals surface area contributed by atoms with E-state index in [0.29, 0.717) is 48.0 Å². The Kier molecular flexibility index (Phi) is 8.96. The number of hydrogen-bond acceptors (Lipinski definition) is 4. The highest BCUT2D eigenvalue weighted by atomic mass is 35.5. The summed E-state index contributed by atoms with van der Waals surface area (Å²) in [6.07, 6.45) is 0.482. The summed E-state index contributed by atoms with van der Waals surface area (Å²) in [7, 11) is 1.62. The fourth-order valence-electron chi connectivity index (χ4n) is 2.69. The van der Waals surface area contributed by atoms with E-state index < -0.39 is 6.10 Å². The normalized spacial score (nSPS) is 11.6. The molecule has 0 unspecified atom stereocenters. The van der Waals surface area contributed by atoms with Crippen molar-refractivity contribution in [3.05, 3.63) is 58.6 Å². The first-order chi connectivity index (χ1) is 14.0. The molecule has 2 aromatic carbocycles. The Morgan fingerprint density at radius 3 is 2.62 bits per heavy atom. The zero-order valence-electron chi connectivity index (χ0n) is 17.0. The van der Waals surface area contributed by atoms with Crippen LogP contribution in [0.4, 0.5) is 5.69 Å². The van der Waals surface area contributed by atoms with E-state index in [-0.39, 0.29) is 11.8 Å². The number of rotatable bonds is 10. The molecule has 0 aliphatic rings. The zero-order chi connectivity index (χ0) is 21.2. The minimum atomic E-state index is -0.701. The lowest BCUT2D eigenvalue weighted by molar-refractivity contribution is -0.122. The molecule has 156 valence electrons. The standard InChI is InChI=1S/C22H27ClN2O4/c1-4-20(29-16-10-11-18(23)15(2)14-16)22(27)25-19-9-6-5-8-17(19)21(26)24-12-7-13-28-3/h5-6,8-11,14,20H,4,7,12-13H2,1-3H3,(H,24,26)(H,25,27)/t20-/m0/s1. The third-order valence-corrected chi connectivity index (χ3v) is 4.74. The molecule has 0 saturated heterocycles. The monoisotopic (exact) mass is 418 g/mol. The second-order valence-corrected chi connectivity index (χ2v) is 6.97. The number of carbonyl (C=O) groups excluding carboxylic acids is 2. The molecule has 2 N–H and O–H groups in total. The van der Waals surface area contributed by atoms with Gasteiger partial charge in [0.25, 0.3) is 11.8 Å². The summed E-state index contributed by atoms with van der Waals surface area (Å²) in [5.41, 5.74) is 1.71. The predicted octanol–water partition coefficient (Wildman–Crippen LogP) is 4.21. The first-order valence-corrected chi connectivity index (χ1v) is 9.93. The van der Waals surface area contributed by atoms with Crippen molar-refractivity contribution in [1.82, 2.24) is 5.32 Å². The van der Waals surface area contributed by atoms with Crippen LogP contribution in [0.2, 0.25) is 5.02 Å². The fourth-order valence-corrected chi connectivity index (χ4v) is 2.81. The van der Waals surface area contributed by atoms with Crippen LogP contribution in [-0.4, -0.2) is 38.2 Å². The summed E-state index contributed by atoms with van der Waals surface area (Å²) in [6, 6.07) is 12.1. The number of para-hydroxylation sites is 1. The van der Waals surface area contributed by atoms with Crippen LogP contribution in [0.15, 0.2) is 42.5 Å². The van der Waals surface area contributed by atoms with Crippen molar-refractivity contribution >= 4 is 29.1 Å². The molecule has 1 atom stereocenters. The third-order valence-electron chi connectivity index (χ3n) is 4.31. The summed E-state index contributed by atoms with van der Waals surface area (Å²) in [5.74, 6) is -0.00268. The first-order valence-electron chi connectivity index (χ1n) is 9.56. The molecule has 2 amide bonds. The minimum absolute atomic E-state index is 0.251. The van der Waals surface area contributed by atoms with Gasteiger partial charge in [-0.15, -0.1) is 0 Å². The van der Waals surface area contributed by atoms with Crippen molar-refractivity contribution in [1.29, 1.82) is 0 Å². The summed E-state index contributed by atoms with van der Waals surface area (Å²) < 4.78 is 10.8. The third kappa shape index (κ3) is 6.76. The number of ether oxygens (including phenoxy) is 2. The minimum Gasteiger partial charge on any atom is -0.481 e. The lowest BCUT2D eigenvalue weighted by Crippen LogP contribution is -2.33. The number of benzene rings is 2. The molecule has 7 heteroatoms. The summed E-state index contributed by atoms with van der Waals surface area (Å²) >= 11 is 6.04. The lowest BCUT2D eigenvalue weighted by atomic mass is 10.1. The summed E-state index contributed by atoms with van der Waals surface area (Å²) in [6.45, 7) is 4.79. The summed E-state index contributed by atoms with van der Waals surface area (Å²) in [5, 5.41) is 6.28. The van der Waals surface area contributed by atoms with E-state index in [4.69, 9.17) is 21.1 Å². The SMILES string of the molecule is CC[C@H](Oc1ccc(Cl)c(C)c1)C(=O)Nc1ccccc1C(=O)NCCCOC.